The van der Waals surface area contributed by atoms with Crippen LogP contribution >= 0.6 is 0 Å². The number of quaternary nitrogens is 1. The van der Waals surface area contributed by atoms with E-state index in [2.05, 4.69) is 43.6 Å². The second-order valence-electron chi connectivity index (χ2n) is 8.25. The summed E-state index contributed by atoms with van der Waals surface area (Å²) in [6.45, 7) is 4.76. The summed E-state index contributed by atoms with van der Waals surface area (Å²) in [5.74, 6) is 1.10. The smallest absolute Gasteiger partial charge is 0.148 e. The normalized spacial score (nSPS) is 43.0. The second kappa shape index (κ2) is 4.27. The Labute approximate surface area is 138 Å². The number of piperidine rings is 1. The molecular formula is C20H25N2O+. The van der Waals surface area contributed by atoms with Crippen LogP contribution in [0, 0.1) is 11.8 Å². The lowest BCUT2D eigenvalue weighted by atomic mass is 9.60. The Morgan fingerprint density at radius 2 is 2.22 bits per heavy atom. The summed E-state index contributed by atoms with van der Waals surface area (Å²) in [4.78, 5) is 12.1. The average molecular weight is 309 g/mol. The summed E-state index contributed by atoms with van der Waals surface area (Å²) >= 11 is 0. The Balaban J connectivity index is 1.81. The highest BCUT2D eigenvalue weighted by Gasteiger charge is 2.67. The van der Waals surface area contributed by atoms with Gasteiger partial charge in [-0.15, -0.1) is 0 Å². The van der Waals surface area contributed by atoms with Gasteiger partial charge >= 0.3 is 0 Å². The lowest BCUT2D eigenvalue weighted by Gasteiger charge is -2.53. The van der Waals surface area contributed by atoms with E-state index in [9.17, 15) is 4.79 Å². The first-order valence-electron chi connectivity index (χ1n) is 9.04. The van der Waals surface area contributed by atoms with Crippen molar-refractivity contribution in [2.45, 2.75) is 37.6 Å². The van der Waals surface area contributed by atoms with Gasteiger partial charge in [0.1, 0.15) is 12.3 Å². The van der Waals surface area contributed by atoms with Gasteiger partial charge in [0, 0.05) is 41.6 Å². The van der Waals surface area contributed by atoms with Crippen molar-refractivity contribution in [2.24, 2.45) is 11.8 Å². The molecule has 23 heavy (non-hydrogen) atoms. The summed E-state index contributed by atoms with van der Waals surface area (Å²) in [5, 5.41) is 3.68. The molecule has 1 N–H and O–H groups in total. The van der Waals surface area contributed by atoms with Crippen molar-refractivity contribution < 1.29 is 9.28 Å². The molecular weight excluding hydrogens is 284 g/mol. The maximum absolute atomic E-state index is 12.1. The van der Waals surface area contributed by atoms with Crippen LogP contribution in [-0.2, 0) is 10.2 Å². The summed E-state index contributed by atoms with van der Waals surface area (Å²) in [6.07, 6.45) is 4.71. The zero-order valence-electron chi connectivity index (χ0n) is 14.0. The molecule has 3 aliphatic heterocycles. The van der Waals surface area contributed by atoms with Crippen LogP contribution in [0.15, 0.2) is 35.5 Å². The monoisotopic (exact) mass is 309 g/mol. The van der Waals surface area contributed by atoms with Gasteiger partial charge < -0.3 is 9.80 Å². The topological polar surface area (TPSA) is 29.1 Å². The van der Waals surface area contributed by atoms with Crippen molar-refractivity contribution in [2.75, 3.05) is 25.5 Å². The number of likely N-dealkylation sites (N-methyl/N-ethyl adjacent to an activating group) is 1. The number of hydrogen-bond donors (Lipinski definition) is 1. The van der Waals surface area contributed by atoms with E-state index in [0.29, 0.717) is 17.9 Å². The number of benzene rings is 1. The molecule has 5 atom stereocenters. The number of hydrogen-bond acceptors (Lipinski definition) is 2. The quantitative estimate of drug-likeness (QED) is 0.672. The summed E-state index contributed by atoms with van der Waals surface area (Å²) < 4.78 is 1.20. The van der Waals surface area contributed by atoms with E-state index in [1.165, 1.54) is 60.1 Å². The number of nitrogens with zero attached hydrogens (tertiary/aromatic N) is 1. The largest absolute Gasteiger partial charge is 0.357 e. The minimum atomic E-state index is 0.0663. The number of fused-ring (bicyclic) bond motifs is 2. The van der Waals surface area contributed by atoms with Gasteiger partial charge in [0.2, 0.25) is 0 Å². The van der Waals surface area contributed by atoms with E-state index in [-0.39, 0.29) is 5.41 Å². The number of rotatable bonds is 2. The molecule has 3 heteroatoms. The van der Waals surface area contributed by atoms with Crippen molar-refractivity contribution in [3.63, 3.8) is 0 Å². The number of aldehydes is 1. The number of anilines is 1. The Morgan fingerprint density at radius 3 is 3.00 bits per heavy atom. The molecule has 4 aliphatic rings. The van der Waals surface area contributed by atoms with Gasteiger partial charge in [-0.2, -0.15) is 0 Å². The van der Waals surface area contributed by atoms with Crippen molar-refractivity contribution in [1.82, 2.24) is 0 Å². The molecule has 0 saturated carbocycles. The Bertz CT molecular complexity index is 739. The minimum Gasteiger partial charge on any atom is -0.357 e. The van der Waals surface area contributed by atoms with E-state index in [1.807, 2.05) is 0 Å². The maximum atomic E-state index is 12.1. The van der Waals surface area contributed by atoms with Crippen LogP contribution in [0.3, 0.4) is 0 Å². The van der Waals surface area contributed by atoms with Crippen molar-refractivity contribution in [1.29, 1.82) is 0 Å². The SMILES string of the molecule is CCC1C[N+]2(C)CCC34C(=C(C=O)[C@H]1C[C@@H]32)Nc1ccccc14. The highest BCUT2D eigenvalue weighted by molar-refractivity contribution is 5.83. The molecule has 3 heterocycles. The van der Waals surface area contributed by atoms with E-state index in [1.54, 1.807) is 0 Å². The van der Waals surface area contributed by atoms with Gasteiger partial charge in [0.05, 0.1) is 25.6 Å². The number of allylic oxidation sites excluding steroid dienone is 1. The van der Waals surface area contributed by atoms with Gasteiger partial charge in [-0.25, -0.2) is 0 Å². The third-order valence-electron chi connectivity index (χ3n) is 7.49. The molecule has 1 aromatic carbocycles. The molecule has 0 amide bonds. The number of nitrogens with one attached hydrogen (secondary N) is 1. The third kappa shape index (κ3) is 1.43. The molecule has 1 spiro atoms. The minimum absolute atomic E-state index is 0.0663. The summed E-state index contributed by atoms with van der Waals surface area (Å²) in [6, 6.07) is 9.36. The van der Waals surface area contributed by atoms with Crippen molar-refractivity contribution >= 4 is 12.0 Å². The zero-order valence-corrected chi connectivity index (χ0v) is 14.0. The van der Waals surface area contributed by atoms with Gasteiger partial charge in [0.15, 0.2) is 0 Å². The Kier molecular flexibility index (Phi) is 2.56. The third-order valence-corrected chi connectivity index (χ3v) is 7.49. The van der Waals surface area contributed by atoms with Crippen LogP contribution in [0.2, 0.25) is 0 Å². The number of carbonyl (C=O) groups is 1. The first kappa shape index (κ1) is 13.8. The van der Waals surface area contributed by atoms with E-state index >= 15 is 0 Å². The van der Waals surface area contributed by atoms with Crippen LogP contribution in [0.25, 0.3) is 0 Å². The molecule has 2 saturated heterocycles. The zero-order chi connectivity index (χ0) is 15.8. The van der Waals surface area contributed by atoms with Crippen LogP contribution in [-0.4, -0.2) is 36.9 Å². The van der Waals surface area contributed by atoms with Gasteiger partial charge in [-0.1, -0.05) is 25.1 Å². The highest BCUT2D eigenvalue weighted by atomic mass is 16.1. The predicted molar refractivity (Wildman–Crippen MR) is 91.0 cm³/mol. The molecule has 0 aromatic heterocycles. The van der Waals surface area contributed by atoms with E-state index in [4.69, 9.17) is 0 Å². The first-order chi connectivity index (χ1) is 11.1. The second-order valence-corrected chi connectivity index (χ2v) is 8.25. The van der Waals surface area contributed by atoms with Gasteiger partial charge in [0.25, 0.3) is 0 Å². The highest BCUT2D eigenvalue weighted by Crippen LogP contribution is 2.62. The molecule has 2 bridgehead atoms. The molecule has 1 aliphatic carbocycles. The lowest BCUT2D eigenvalue weighted by Crippen LogP contribution is -2.63. The first-order valence-corrected chi connectivity index (χ1v) is 9.04. The summed E-state index contributed by atoms with van der Waals surface area (Å²) in [7, 11) is 2.46. The fourth-order valence-electron chi connectivity index (χ4n) is 6.48. The molecule has 5 rings (SSSR count). The molecule has 1 aromatic rings. The lowest BCUT2D eigenvalue weighted by molar-refractivity contribution is -0.933. The molecule has 3 unspecified atom stereocenters. The van der Waals surface area contributed by atoms with Crippen LogP contribution in [0.5, 0.6) is 0 Å². The van der Waals surface area contributed by atoms with Crippen LogP contribution in [0.4, 0.5) is 5.69 Å². The van der Waals surface area contributed by atoms with Crippen LogP contribution < -0.4 is 5.32 Å². The Hall–Kier alpha value is -1.61. The fraction of sp³-hybridized carbons (Fsp3) is 0.550. The molecule has 0 radical (unpaired) electrons. The Morgan fingerprint density at radius 1 is 1.39 bits per heavy atom. The molecule has 2 fully saturated rings. The van der Waals surface area contributed by atoms with Crippen molar-refractivity contribution in [3.05, 3.63) is 41.1 Å². The number of carbonyl (C=O) groups excluding carboxylic acids is 1. The number of para-hydroxylation sites is 1. The van der Waals surface area contributed by atoms with Gasteiger partial charge in [-0.3, -0.25) is 4.79 Å². The maximum Gasteiger partial charge on any atom is 0.148 e. The van der Waals surface area contributed by atoms with E-state index < -0.39 is 0 Å². The van der Waals surface area contributed by atoms with Gasteiger partial charge in [-0.05, 0) is 18.1 Å². The van der Waals surface area contributed by atoms with Crippen LogP contribution in [0.1, 0.15) is 31.7 Å². The molecule has 3 nitrogen and oxygen atoms in total. The molecule has 120 valence electrons. The standard InChI is InChI=1S/C20H24N2O/c1-3-13-11-22(2)9-8-20-16-6-4-5-7-17(16)21-19(20)15(12-23)14(13)10-18(20)22/h4-7,12-14,18H,3,8-11H2,1-2H3/p+1/t13?,14-,18-,20?,22?/m0/s1. The summed E-state index contributed by atoms with van der Waals surface area (Å²) in [5.41, 5.74) is 5.08. The van der Waals surface area contributed by atoms with E-state index in [0.717, 1.165) is 5.57 Å². The fourth-order valence-corrected chi connectivity index (χ4v) is 6.48. The average Bonchev–Trinajstić information content (AvgIpc) is 3.08. The van der Waals surface area contributed by atoms with Crippen molar-refractivity contribution in [3.8, 4) is 0 Å². The predicted octanol–water partition coefficient (Wildman–Crippen LogP) is 3.08.